The molecule has 1 saturated heterocycles. The summed E-state index contributed by atoms with van der Waals surface area (Å²) in [7, 11) is -7.06. The molecule has 1 fully saturated rings. The molecular weight excluding hydrogens is 292 g/mol. The molecule has 1 atom stereocenters. The van der Waals surface area contributed by atoms with Crippen LogP contribution in [0.4, 0.5) is 5.95 Å². The zero-order valence-electron chi connectivity index (χ0n) is 10.2. The first-order valence-corrected chi connectivity index (χ1v) is 8.74. The van der Waals surface area contributed by atoms with Crippen LogP contribution >= 0.6 is 0 Å². The molecule has 2 rings (SSSR count). The lowest BCUT2D eigenvalue weighted by molar-refractivity contribution is 0.461. The normalized spacial score (nSPS) is 26.4. The highest BCUT2D eigenvalue weighted by Crippen LogP contribution is 2.25. The zero-order valence-corrected chi connectivity index (χ0v) is 11.8. The van der Waals surface area contributed by atoms with Crippen LogP contribution in [-0.2, 0) is 19.9 Å². The van der Waals surface area contributed by atoms with Gasteiger partial charge in [-0.05, 0) is 13.3 Å². The van der Waals surface area contributed by atoms with E-state index in [9.17, 15) is 16.8 Å². The molecule has 0 radical (unpaired) electrons. The first-order valence-electron chi connectivity index (χ1n) is 5.44. The maximum absolute atomic E-state index is 12.1. The second-order valence-electron chi connectivity index (χ2n) is 4.79. The van der Waals surface area contributed by atoms with Crippen LogP contribution in [0.1, 0.15) is 13.3 Å². The lowest BCUT2D eigenvalue weighted by atomic mass is 10.0. The molecule has 0 aromatic carbocycles. The maximum atomic E-state index is 12.1. The van der Waals surface area contributed by atoms with Gasteiger partial charge in [-0.1, -0.05) is 0 Å². The third kappa shape index (κ3) is 3.19. The fourth-order valence-corrected chi connectivity index (χ4v) is 5.45. The standard InChI is InChI=1S/C9H14N4O4S2/c1-9(2-3-18(14,15)6-9)13-19(16,17)7-4-11-8(10)12-5-7/h4-5,13H,2-3,6H2,1H3,(H2,10,11,12). The lowest BCUT2D eigenvalue weighted by Gasteiger charge is -2.23. The molecule has 0 spiro atoms. The van der Waals surface area contributed by atoms with Crippen molar-refractivity contribution in [3.05, 3.63) is 12.4 Å². The Balaban J connectivity index is 2.25. The van der Waals surface area contributed by atoms with Crippen LogP contribution < -0.4 is 10.5 Å². The van der Waals surface area contributed by atoms with E-state index in [4.69, 9.17) is 5.73 Å². The van der Waals surface area contributed by atoms with Gasteiger partial charge in [-0.15, -0.1) is 0 Å². The Morgan fingerprint density at radius 2 is 1.95 bits per heavy atom. The first kappa shape index (κ1) is 14.2. The molecule has 1 aliphatic rings. The van der Waals surface area contributed by atoms with E-state index in [2.05, 4.69) is 14.7 Å². The van der Waals surface area contributed by atoms with E-state index in [-0.39, 0.29) is 28.8 Å². The summed E-state index contributed by atoms with van der Waals surface area (Å²) < 4.78 is 49.4. The highest BCUT2D eigenvalue weighted by Gasteiger charge is 2.41. The molecule has 8 nitrogen and oxygen atoms in total. The minimum absolute atomic E-state index is 0.0236. The van der Waals surface area contributed by atoms with Gasteiger partial charge in [-0.2, -0.15) is 0 Å². The molecule has 1 aromatic heterocycles. The number of hydrogen-bond acceptors (Lipinski definition) is 7. The Morgan fingerprint density at radius 1 is 1.37 bits per heavy atom. The molecule has 3 N–H and O–H groups in total. The number of anilines is 1. The van der Waals surface area contributed by atoms with E-state index >= 15 is 0 Å². The van der Waals surface area contributed by atoms with Gasteiger partial charge in [0.15, 0.2) is 9.84 Å². The van der Waals surface area contributed by atoms with Gasteiger partial charge in [0.2, 0.25) is 16.0 Å². The van der Waals surface area contributed by atoms with Crippen molar-refractivity contribution in [1.82, 2.24) is 14.7 Å². The van der Waals surface area contributed by atoms with Gasteiger partial charge in [-0.25, -0.2) is 31.5 Å². The predicted octanol–water partition coefficient (Wildman–Crippen LogP) is -1.09. The molecule has 10 heteroatoms. The van der Waals surface area contributed by atoms with Crippen molar-refractivity contribution >= 4 is 25.8 Å². The summed E-state index contributed by atoms with van der Waals surface area (Å²) in [4.78, 5) is 7.06. The van der Waals surface area contributed by atoms with Crippen LogP contribution in [0, 0.1) is 0 Å². The van der Waals surface area contributed by atoms with Crippen LogP contribution in [0.25, 0.3) is 0 Å². The second kappa shape index (κ2) is 4.39. The quantitative estimate of drug-likeness (QED) is 0.725. The Bertz CT molecular complexity index is 683. The summed E-state index contributed by atoms with van der Waals surface area (Å²) in [6.07, 6.45) is 2.40. The van der Waals surface area contributed by atoms with Crippen molar-refractivity contribution < 1.29 is 16.8 Å². The van der Waals surface area contributed by atoms with E-state index in [1.54, 1.807) is 6.92 Å². The van der Waals surface area contributed by atoms with E-state index in [0.717, 1.165) is 12.4 Å². The summed E-state index contributed by atoms with van der Waals surface area (Å²) in [6, 6.07) is 0. The van der Waals surface area contributed by atoms with Crippen molar-refractivity contribution in [1.29, 1.82) is 0 Å². The van der Waals surface area contributed by atoms with E-state index in [0.29, 0.717) is 0 Å². The topological polar surface area (TPSA) is 132 Å². The number of hydrogen-bond donors (Lipinski definition) is 2. The Hall–Kier alpha value is -1.26. The summed E-state index contributed by atoms with van der Waals surface area (Å²) in [5.41, 5.74) is 4.28. The fraction of sp³-hybridized carbons (Fsp3) is 0.556. The molecule has 0 bridgehead atoms. The Kier molecular flexibility index (Phi) is 3.27. The number of sulfonamides is 1. The zero-order chi connectivity index (χ0) is 14.3. The molecule has 2 heterocycles. The third-order valence-electron chi connectivity index (χ3n) is 2.84. The number of nitrogens with two attached hydrogens (primary N) is 1. The van der Waals surface area contributed by atoms with Crippen LogP contribution in [0.2, 0.25) is 0 Å². The molecular formula is C9H14N4O4S2. The number of rotatable bonds is 3. The van der Waals surface area contributed by atoms with Crippen molar-refractivity contribution in [3.8, 4) is 0 Å². The average Bonchev–Trinajstić information content (AvgIpc) is 2.52. The van der Waals surface area contributed by atoms with Gasteiger partial charge in [0.25, 0.3) is 0 Å². The number of nitrogens with zero attached hydrogens (tertiary/aromatic N) is 2. The van der Waals surface area contributed by atoms with Crippen LogP contribution in [0.5, 0.6) is 0 Å². The average molecular weight is 306 g/mol. The molecule has 1 aliphatic heterocycles. The predicted molar refractivity (Wildman–Crippen MR) is 68.4 cm³/mol. The van der Waals surface area contributed by atoms with Crippen LogP contribution in [-0.4, -0.2) is 43.8 Å². The first-order chi connectivity index (χ1) is 8.62. The van der Waals surface area contributed by atoms with Gasteiger partial charge < -0.3 is 5.73 Å². The molecule has 0 amide bonds. The second-order valence-corrected chi connectivity index (χ2v) is 8.65. The number of nitrogens with one attached hydrogen (secondary N) is 1. The maximum Gasteiger partial charge on any atom is 0.244 e. The highest BCUT2D eigenvalue weighted by molar-refractivity contribution is 7.92. The van der Waals surface area contributed by atoms with Gasteiger partial charge in [0, 0.05) is 5.54 Å². The lowest BCUT2D eigenvalue weighted by Crippen LogP contribution is -2.46. The van der Waals surface area contributed by atoms with Crippen molar-refractivity contribution in [2.75, 3.05) is 17.2 Å². The van der Waals surface area contributed by atoms with Gasteiger partial charge in [0.05, 0.1) is 23.9 Å². The molecule has 19 heavy (non-hydrogen) atoms. The van der Waals surface area contributed by atoms with Crippen molar-refractivity contribution in [3.63, 3.8) is 0 Å². The summed E-state index contributed by atoms with van der Waals surface area (Å²) >= 11 is 0. The Morgan fingerprint density at radius 3 is 2.42 bits per heavy atom. The summed E-state index contributed by atoms with van der Waals surface area (Å²) in [6.45, 7) is 1.56. The van der Waals surface area contributed by atoms with Crippen molar-refractivity contribution in [2.45, 2.75) is 23.8 Å². The van der Waals surface area contributed by atoms with E-state index < -0.39 is 25.4 Å². The Labute approximate surface area is 111 Å². The SMILES string of the molecule is CC1(NS(=O)(=O)c2cnc(N)nc2)CCS(=O)(=O)C1. The molecule has 0 saturated carbocycles. The minimum atomic E-state index is -3.86. The van der Waals surface area contributed by atoms with E-state index in [1.165, 1.54) is 0 Å². The summed E-state index contributed by atoms with van der Waals surface area (Å²) in [5.74, 6) is -0.270. The molecule has 1 aromatic rings. The van der Waals surface area contributed by atoms with Crippen LogP contribution in [0.15, 0.2) is 17.3 Å². The van der Waals surface area contributed by atoms with Crippen LogP contribution in [0.3, 0.4) is 0 Å². The van der Waals surface area contributed by atoms with Gasteiger partial charge in [0.1, 0.15) is 4.90 Å². The molecule has 106 valence electrons. The molecule has 0 aliphatic carbocycles. The number of aromatic nitrogens is 2. The smallest absolute Gasteiger partial charge is 0.244 e. The highest BCUT2D eigenvalue weighted by atomic mass is 32.2. The van der Waals surface area contributed by atoms with Crippen molar-refractivity contribution in [2.24, 2.45) is 0 Å². The monoisotopic (exact) mass is 306 g/mol. The van der Waals surface area contributed by atoms with Gasteiger partial charge in [-0.3, -0.25) is 0 Å². The molecule has 1 unspecified atom stereocenters. The fourth-order valence-electron chi connectivity index (χ4n) is 1.94. The third-order valence-corrected chi connectivity index (χ3v) is 6.34. The summed E-state index contributed by atoms with van der Waals surface area (Å²) in [5, 5.41) is 0. The number of nitrogen functional groups attached to an aromatic ring is 1. The van der Waals surface area contributed by atoms with E-state index in [1.807, 2.05) is 0 Å². The largest absolute Gasteiger partial charge is 0.368 e. The minimum Gasteiger partial charge on any atom is -0.368 e. The number of sulfone groups is 1. The van der Waals surface area contributed by atoms with Gasteiger partial charge >= 0.3 is 0 Å².